The molecule has 86 valence electrons. The summed E-state index contributed by atoms with van der Waals surface area (Å²) in [5, 5.41) is 0. The van der Waals surface area contributed by atoms with Crippen molar-refractivity contribution in [3.63, 3.8) is 0 Å². The first-order valence-electron chi connectivity index (χ1n) is 5.40. The molecule has 0 atom stereocenters. The minimum Gasteiger partial charge on any atom is -0.353 e. The highest BCUT2D eigenvalue weighted by atomic mass is 32.2. The first-order chi connectivity index (χ1) is 8.34. The molecule has 1 heterocycles. The lowest BCUT2D eigenvalue weighted by Gasteiger charge is -1.99. The maximum absolute atomic E-state index is 4.16. The average molecular weight is 242 g/mol. The molecule has 0 aliphatic carbocycles. The van der Waals surface area contributed by atoms with Crippen molar-refractivity contribution in [1.29, 1.82) is 0 Å². The third-order valence-corrected chi connectivity index (χ3v) is 3.16. The van der Waals surface area contributed by atoms with Crippen LogP contribution < -0.4 is 0 Å². The summed E-state index contributed by atoms with van der Waals surface area (Å²) in [6, 6.07) is 14.5. The van der Waals surface area contributed by atoms with Crippen LogP contribution in [0.2, 0.25) is 0 Å². The molecule has 2 aromatic rings. The highest BCUT2D eigenvalue weighted by Gasteiger charge is 1.94. The average Bonchev–Trinajstić information content (AvgIpc) is 2.46. The smallest absolute Gasteiger partial charge is 0.0918 e. The molecule has 2 rings (SSSR count). The van der Waals surface area contributed by atoms with Crippen LogP contribution in [0.5, 0.6) is 0 Å². The number of benzene rings is 1. The zero-order valence-electron chi connectivity index (χ0n) is 9.63. The van der Waals surface area contributed by atoms with Gasteiger partial charge < -0.3 is 4.98 Å². The number of aromatic nitrogens is 2. The summed E-state index contributed by atoms with van der Waals surface area (Å²) in [5.41, 5.74) is 1.28. The molecule has 0 fully saturated rings. The van der Waals surface area contributed by atoms with Crippen LogP contribution in [0, 0.1) is 6.92 Å². The van der Waals surface area contributed by atoms with E-state index in [1.165, 1.54) is 10.5 Å². The van der Waals surface area contributed by atoms with E-state index in [2.05, 4.69) is 41.2 Å². The van der Waals surface area contributed by atoms with Gasteiger partial charge in [0, 0.05) is 22.2 Å². The van der Waals surface area contributed by atoms with Crippen molar-refractivity contribution in [3.8, 4) is 0 Å². The molecule has 1 N–H and O–H groups in total. The van der Waals surface area contributed by atoms with Gasteiger partial charge in [0.15, 0.2) is 0 Å². The van der Waals surface area contributed by atoms with Crippen molar-refractivity contribution >= 4 is 11.8 Å². The van der Waals surface area contributed by atoms with Gasteiger partial charge in [0.2, 0.25) is 0 Å². The predicted octanol–water partition coefficient (Wildman–Crippen LogP) is 3.99. The number of nitrogens with zero attached hydrogens (tertiary/aromatic N) is 1. The molecular formula is C14H14N2S. The number of H-pyrrole nitrogens is 1. The molecule has 0 amide bonds. The normalized spacial score (nSPS) is 9.71. The summed E-state index contributed by atoms with van der Waals surface area (Å²) in [6.45, 7) is 2.09. The van der Waals surface area contributed by atoms with Gasteiger partial charge in [0.25, 0.3) is 0 Å². The first kappa shape index (κ1) is 11.7. The molecule has 2 nitrogen and oxygen atoms in total. The van der Waals surface area contributed by atoms with Crippen LogP contribution in [0.3, 0.4) is 0 Å². The predicted molar refractivity (Wildman–Crippen MR) is 71.5 cm³/mol. The Morgan fingerprint density at radius 2 is 1.82 bits per heavy atom. The molecule has 0 saturated carbocycles. The maximum Gasteiger partial charge on any atom is 0.0918 e. The number of hydrogen-bond donors (Lipinski definition) is 1. The SMILES string of the molecule is Cc1ccc(Sc2cccc[nH]cnc2)cc1. The molecule has 3 heteroatoms. The highest BCUT2D eigenvalue weighted by Crippen LogP contribution is 2.26. The second-order valence-corrected chi connectivity index (χ2v) is 4.76. The van der Waals surface area contributed by atoms with E-state index in [9.17, 15) is 0 Å². The summed E-state index contributed by atoms with van der Waals surface area (Å²) in [5.74, 6) is 0. The Kier molecular flexibility index (Phi) is 4.22. The Balaban J connectivity index is 2.24. The molecule has 0 aliphatic heterocycles. The Hall–Kier alpha value is -1.74. The molecule has 0 unspecified atom stereocenters. The highest BCUT2D eigenvalue weighted by molar-refractivity contribution is 7.99. The van der Waals surface area contributed by atoms with Crippen LogP contribution in [-0.4, -0.2) is 9.97 Å². The van der Waals surface area contributed by atoms with E-state index in [-0.39, 0.29) is 0 Å². The number of nitrogens with one attached hydrogen (secondary N) is 1. The molecule has 0 spiro atoms. The summed E-state index contributed by atoms with van der Waals surface area (Å²) in [7, 11) is 0. The van der Waals surface area contributed by atoms with Gasteiger partial charge in [-0.25, -0.2) is 4.98 Å². The van der Waals surface area contributed by atoms with Crippen LogP contribution in [0.15, 0.2) is 71.0 Å². The van der Waals surface area contributed by atoms with Crippen molar-refractivity contribution in [2.24, 2.45) is 0 Å². The zero-order valence-corrected chi connectivity index (χ0v) is 10.4. The summed E-state index contributed by atoms with van der Waals surface area (Å²) in [4.78, 5) is 9.44. The van der Waals surface area contributed by atoms with E-state index in [1.807, 2.05) is 30.6 Å². The molecule has 0 aliphatic rings. The van der Waals surface area contributed by atoms with E-state index in [4.69, 9.17) is 0 Å². The third-order valence-electron chi connectivity index (χ3n) is 2.17. The minimum atomic E-state index is 1.11. The largest absolute Gasteiger partial charge is 0.353 e. The summed E-state index contributed by atoms with van der Waals surface area (Å²) < 4.78 is 0. The van der Waals surface area contributed by atoms with E-state index in [1.54, 1.807) is 18.1 Å². The molecule has 1 aromatic carbocycles. The summed E-state index contributed by atoms with van der Waals surface area (Å²) in [6.07, 6.45) is 5.35. The van der Waals surface area contributed by atoms with Crippen molar-refractivity contribution in [2.75, 3.05) is 0 Å². The second-order valence-electron chi connectivity index (χ2n) is 3.61. The van der Waals surface area contributed by atoms with Gasteiger partial charge in [0.05, 0.1) is 6.33 Å². The zero-order chi connectivity index (χ0) is 11.9. The Labute approximate surface area is 105 Å². The fourth-order valence-corrected chi connectivity index (χ4v) is 2.11. The maximum atomic E-state index is 4.16. The molecule has 17 heavy (non-hydrogen) atoms. The molecular weight excluding hydrogens is 228 g/mol. The molecule has 0 radical (unpaired) electrons. The van der Waals surface area contributed by atoms with Gasteiger partial charge in [0.1, 0.15) is 0 Å². The lowest BCUT2D eigenvalue weighted by Crippen LogP contribution is -1.74. The monoisotopic (exact) mass is 242 g/mol. The summed E-state index contributed by atoms with van der Waals surface area (Å²) >= 11 is 1.70. The van der Waals surface area contributed by atoms with E-state index in [0.717, 1.165) is 4.90 Å². The van der Waals surface area contributed by atoms with Gasteiger partial charge in [-0.2, -0.15) is 0 Å². The quantitative estimate of drug-likeness (QED) is 0.862. The van der Waals surface area contributed by atoms with E-state index >= 15 is 0 Å². The van der Waals surface area contributed by atoms with Crippen LogP contribution in [-0.2, 0) is 0 Å². The number of rotatable bonds is 2. The molecule has 0 saturated heterocycles. The van der Waals surface area contributed by atoms with Crippen molar-refractivity contribution in [2.45, 2.75) is 16.7 Å². The van der Waals surface area contributed by atoms with Crippen molar-refractivity contribution in [3.05, 3.63) is 66.7 Å². The topological polar surface area (TPSA) is 28.7 Å². The van der Waals surface area contributed by atoms with Crippen molar-refractivity contribution < 1.29 is 0 Å². The van der Waals surface area contributed by atoms with E-state index in [0.29, 0.717) is 0 Å². The van der Waals surface area contributed by atoms with Gasteiger partial charge in [-0.1, -0.05) is 35.5 Å². The van der Waals surface area contributed by atoms with Crippen LogP contribution >= 0.6 is 11.8 Å². The van der Waals surface area contributed by atoms with Crippen LogP contribution in [0.1, 0.15) is 5.56 Å². The molecule has 0 bridgehead atoms. The van der Waals surface area contributed by atoms with Crippen LogP contribution in [0.4, 0.5) is 0 Å². The van der Waals surface area contributed by atoms with Gasteiger partial charge in [-0.05, 0) is 31.2 Å². The Morgan fingerprint density at radius 1 is 1.00 bits per heavy atom. The van der Waals surface area contributed by atoms with Gasteiger partial charge in [-0.15, -0.1) is 0 Å². The second kappa shape index (κ2) is 6.11. The van der Waals surface area contributed by atoms with Crippen LogP contribution in [0.25, 0.3) is 0 Å². The van der Waals surface area contributed by atoms with Gasteiger partial charge in [-0.3, -0.25) is 0 Å². The number of aromatic amines is 1. The first-order valence-corrected chi connectivity index (χ1v) is 6.22. The lowest BCUT2D eigenvalue weighted by atomic mass is 10.2. The van der Waals surface area contributed by atoms with Gasteiger partial charge >= 0.3 is 0 Å². The third kappa shape index (κ3) is 3.96. The molecule has 1 aromatic heterocycles. The Morgan fingerprint density at radius 3 is 2.65 bits per heavy atom. The fourth-order valence-electron chi connectivity index (χ4n) is 1.30. The van der Waals surface area contributed by atoms with Crippen molar-refractivity contribution in [1.82, 2.24) is 9.97 Å². The number of aryl methyl sites for hydroxylation is 1. The minimum absolute atomic E-state index is 1.11. The fraction of sp³-hybridized carbons (Fsp3) is 0.0714. The standard InChI is InChI=1S/C14H14N2S/c1-12-5-7-13(8-6-12)17-14-4-2-3-9-15-11-16-10-14/h2-11H,1H3,(H,15,16). The lowest BCUT2D eigenvalue weighted by molar-refractivity contribution is 1.18. The Bertz CT molecular complexity index is 492. The number of hydrogen-bond acceptors (Lipinski definition) is 2. The van der Waals surface area contributed by atoms with E-state index < -0.39 is 0 Å².